The van der Waals surface area contributed by atoms with Gasteiger partial charge < -0.3 is 15.0 Å². The number of aromatic nitrogens is 4. The quantitative estimate of drug-likeness (QED) is 0.586. The standard InChI is InChI=1S/C25H39N5O2/c1-15-9-11-17(12-10-15)14-30-19(13-25(3,4)5)27-22-20(30)21(28-23(29-22)24(31)32)26-16(2)18-7-6-8-18/h15-18H,6-14H2,1-5H3,(H,31,32)(H,26,28,29). The van der Waals surface area contributed by atoms with Gasteiger partial charge in [0.05, 0.1) is 0 Å². The lowest BCUT2D eigenvalue weighted by molar-refractivity contribution is 0.0684. The molecule has 2 heterocycles. The van der Waals surface area contributed by atoms with Gasteiger partial charge in [0.2, 0.25) is 5.82 Å². The SMILES string of the molecule is CC1CCC(Cn2c(CC(C)(C)C)nc3nc(C(=O)O)nc(NC(C)C4CCC4)c32)CC1. The van der Waals surface area contributed by atoms with Crippen LogP contribution in [0, 0.1) is 23.2 Å². The van der Waals surface area contributed by atoms with Gasteiger partial charge in [-0.1, -0.05) is 47.0 Å². The number of carboxylic acids is 1. The zero-order valence-corrected chi connectivity index (χ0v) is 20.3. The maximum atomic E-state index is 11.8. The van der Waals surface area contributed by atoms with E-state index < -0.39 is 5.97 Å². The lowest BCUT2D eigenvalue weighted by Crippen LogP contribution is -2.31. The van der Waals surface area contributed by atoms with Gasteiger partial charge in [0.1, 0.15) is 11.3 Å². The van der Waals surface area contributed by atoms with Gasteiger partial charge in [-0.05, 0) is 55.8 Å². The normalized spacial score (nSPS) is 23.2. The van der Waals surface area contributed by atoms with Crippen LogP contribution in [0.1, 0.15) is 96.0 Å². The van der Waals surface area contributed by atoms with Crippen LogP contribution < -0.4 is 5.32 Å². The minimum atomic E-state index is -1.11. The van der Waals surface area contributed by atoms with Crippen molar-refractivity contribution in [1.82, 2.24) is 19.5 Å². The molecule has 32 heavy (non-hydrogen) atoms. The van der Waals surface area contributed by atoms with Crippen molar-refractivity contribution < 1.29 is 9.90 Å². The molecule has 7 nitrogen and oxygen atoms in total. The van der Waals surface area contributed by atoms with Crippen molar-refractivity contribution in [2.24, 2.45) is 23.2 Å². The summed E-state index contributed by atoms with van der Waals surface area (Å²) in [6, 6.07) is 0.244. The zero-order valence-electron chi connectivity index (χ0n) is 20.3. The van der Waals surface area contributed by atoms with Gasteiger partial charge in [-0.2, -0.15) is 0 Å². The molecule has 2 aliphatic rings. The lowest BCUT2D eigenvalue weighted by Gasteiger charge is -2.32. The van der Waals surface area contributed by atoms with Crippen molar-refractivity contribution in [3.63, 3.8) is 0 Å². The second-order valence-electron chi connectivity index (χ2n) is 11.5. The number of aromatic carboxylic acids is 1. The van der Waals surface area contributed by atoms with E-state index in [0.29, 0.717) is 23.3 Å². The predicted molar refractivity (Wildman–Crippen MR) is 127 cm³/mol. The Morgan fingerprint density at radius 1 is 1.12 bits per heavy atom. The molecule has 0 amide bonds. The fourth-order valence-electron chi connectivity index (χ4n) is 5.13. The molecule has 0 aromatic carbocycles. The summed E-state index contributed by atoms with van der Waals surface area (Å²) in [4.78, 5) is 25.5. The minimum Gasteiger partial charge on any atom is -0.475 e. The third-order valence-corrected chi connectivity index (χ3v) is 7.36. The molecule has 7 heteroatoms. The molecule has 2 saturated carbocycles. The zero-order chi connectivity index (χ0) is 23.0. The number of anilines is 1. The van der Waals surface area contributed by atoms with Crippen LogP contribution in [0.25, 0.3) is 11.2 Å². The Morgan fingerprint density at radius 2 is 1.81 bits per heavy atom. The molecule has 4 rings (SSSR count). The summed E-state index contributed by atoms with van der Waals surface area (Å²) in [5.41, 5.74) is 1.44. The maximum absolute atomic E-state index is 11.8. The first-order valence-electron chi connectivity index (χ1n) is 12.4. The Bertz CT molecular complexity index is 965. The Hall–Kier alpha value is -2.18. The smallest absolute Gasteiger partial charge is 0.374 e. The number of imidazole rings is 1. The topological polar surface area (TPSA) is 92.9 Å². The molecule has 2 fully saturated rings. The van der Waals surface area contributed by atoms with Crippen LogP contribution in [0.3, 0.4) is 0 Å². The average Bonchev–Trinajstić information content (AvgIpc) is 2.97. The van der Waals surface area contributed by atoms with Crippen LogP contribution in [0.5, 0.6) is 0 Å². The third kappa shape index (κ3) is 5.07. The molecule has 2 aromatic rings. The first-order valence-corrected chi connectivity index (χ1v) is 12.4. The number of rotatable bonds is 7. The van der Waals surface area contributed by atoms with Gasteiger partial charge >= 0.3 is 5.97 Å². The third-order valence-electron chi connectivity index (χ3n) is 7.36. The van der Waals surface area contributed by atoms with Crippen LogP contribution in [0.15, 0.2) is 0 Å². The number of nitrogens with one attached hydrogen (secondary N) is 1. The van der Waals surface area contributed by atoms with Gasteiger partial charge in [-0.25, -0.2) is 19.7 Å². The monoisotopic (exact) mass is 441 g/mol. The molecule has 1 atom stereocenters. The molecule has 1 unspecified atom stereocenters. The summed E-state index contributed by atoms with van der Waals surface area (Å²) < 4.78 is 2.31. The van der Waals surface area contributed by atoms with Crippen molar-refractivity contribution in [1.29, 1.82) is 0 Å². The highest BCUT2D eigenvalue weighted by Gasteiger charge is 2.29. The molecule has 0 bridgehead atoms. The number of carbonyl (C=O) groups is 1. The second-order valence-corrected chi connectivity index (χ2v) is 11.5. The summed E-state index contributed by atoms with van der Waals surface area (Å²) in [6.45, 7) is 12.1. The number of hydrogen-bond donors (Lipinski definition) is 2. The van der Waals surface area contributed by atoms with Crippen LogP contribution in [0.4, 0.5) is 5.82 Å². The highest BCUT2D eigenvalue weighted by Crippen LogP contribution is 2.35. The van der Waals surface area contributed by atoms with Gasteiger partial charge in [0.25, 0.3) is 0 Å². The molecule has 0 radical (unpaired) electrons. The molecule has 2 N–H and O–H groups in total. The van der Waals surface area contributed by atoms with E-state index in [0.717, 1.165) is 30.2 Å². The van der Waals surface area contributed by atoms with Crippen molar-refractivity contribution in [3.05, 3.63) is 11.6 Å². The Balaban J connectivity index is 1.78. The summed E-state index contributed by atoms with van der Waals surface area (Å²) in [5, 5.41) is 13.2. The van der Waals surface area contributed by atoms with E-state index in [2.05, 4.69) is 54.5 Å². The summed E-state index contributed by atoms with van der Waals surface area (Å²) in [7, 11) is 0. The number of carboxylic acid groups (broad SMARTS) is 1. The van der Waals surface area contributed by atoms with Crippen molar-refractivity contribution in [2.45, 2.75) is 98.6 Å². The molecule has 0 saturated heterocycles. The van der Waals surface area contributed by atoms with Crippen molar-refractivity contribution in [3.8, 4) is 0 Å². The minimum absolute atomic E-state index is 0.0656. The predicted octanol–water partition coefficient (Wildman–Crippen LogP) is 5.54. The van der Waals surface area contributed by atoms with E-state index in [-0.39, 0.29) is 17.3 Å². The maximum Gasteiger partial charge on any atom is 0.374 e. The Labute approximate surface area is 191 Å². The molecule has 0 spiro atoms. The molecular formula is C25H39N5O2. The van der Waals surface area contributed by atoms with Crippen LogP contribution >= 0.6 is 0 Å². The van der Waals surface area contributed by atoms with Gasteiger partial charge in [-0.15, -0.1) is 0 Å². The highest BCUT2D eigenvalue weighted by molar-refractivity contribution is 5.90. The summed E-state index contributed by atoms with van der Waals surface area (Å²) >= 11 is 0. The summed E-state index contributed by atoms with van der Waals surface area (Å²) in [6.07, 6.45) is 9.50. The van der Waals surface area contributed by atoms with E-state index in [1.165, 1.54) is 44.9 Å². The van der Waals surface area contributed by atoms with E-state index >= 15 is 0 Å². The van der Waals surface area contributed by atoms with E-state index in [1.807, 2.05) is 0 Å². The van der Waals surface area contributed by atoms with E-state index in [9.17, 15) is 9.90 Å². The van der Waals surface area contributed by atoms with E-state index in [1.54, 1.807) is 0 Å². The summed E-state index contributed by atoms with van der Waals surface area (Å²) in [5.74, 6) is 2.35. The molecule has 2 aromatic heterocycles. The van der Waals surface area contributed by atoms with Crippen LogP contribution in [-0.2, 0) is 13.0 Å². The first kappa shape index (κ1) is 23.0. The Kier molecular flexibility index (Phi) is 6.46. The van der Waals surface area contributed by atoms with E-state index in [4.69, 9.17) is 4.98 Å². The number of fused-ring (bicyclic) bond motifs is 1. The number of nitrogens with zero attached hydrogens (tertiary/aromatic N) is 4. The van der Waals surface area contributed by atoms with Gasteiger partial charge in [0, 0.05) is 19.0 Å². The fourth-order valence-corrected chi connectivity index (χ4v) is 5.13. The van der Waals surface area contributed by atoms with Gasteiger partial charge in [0.15, 0.2) is 11.5 Å². The first-order chi connectivity index (χ1) is 15.1. The van der Waals surface area contributed by atoms with Crippen LogP contribution in [-0.4, -0.2) is 36.6 Å². The fraction of sp³-hybridized carbons (Fsp3) is 0.760. The van der Waals surface area contributed by atoms with Crippen molar-refractivity contribution >= 4 is 23.0 Å². The largest absolute Gasteiger partial charge is 0.475 e. The molecular weight excluding hydrogens is 402 g/mol. The lowest BCUT2D eigenvalue weighted by atomic mass is 9.80. The second kappa shape index (κ2) is 8.99. The van der Waals surface area contributed by atoms with Crippen LogP contribution in [0.2, 0.25) is 0 Å². The highest BCUT2D eigenvalue weighted by atomic mass is 16.4. The number of hydrogen-bond acceptors (Lipinski definition) is 5. The van der Waals surface area contributed by atoms with Gasteiger partial charge in [-0.3, -0.25) is 0 Å². The molecule has 0 aliphatic heterocycles. The Morgan fingerprint density at radius 3 is 2.38 bits per heavy atom. The van der Waals surface area contributed by atoms with Crippen molar-refractivity contribution in [2.75, 3.05) is 5.32 Å². The average molecular weight is 442 g/mol. The molecule has 176 valence electrons. The molecule has 2 aliphatic carbocycles.